The number of carbonyl (C=O) groups is 3. The summed E-state index contributed by atoms with van der Waals surface area (Å²) in [4.78, 5) is 34.6. The molecule has 26 heavy (non-hydrogen) atoms. The Labute approximate surface area is 159 Å². The fraction of sp³-hybridized carbons (Fsp3) is 0.550. The third-order valence-electron chi connectivity index (χ3n) is 4.65. The van der Waals surface area contributed by atoms with E-state index in [0.717, 1.165) is 44.2 Å². The molecule has 0 bridgehead atoms. The molecular weight excluding hydrogens is 352 g/mol. The SMILES string of the molecule is O=C1CCCCCN1.O=C1NCCCCC1C(=O)c1ccc(CCl)cc1. The number of amides is 2. The van der Waals surface area contributed by atoms with Crippen LogP contribution < -0.4 is 10.6 Å². The highest BCUT2D eigenvalue weighted by molar-refractivity contribution is 6.17. The second kappa shape index (κ2) is 11.0. The average Bonchev–Trinajstić information content (AvgIpc) is 3.04. The molecule has 5 nitrogen and oxygen atoms in total. The number of nitrogens with one attached hydrogen (secondary N) is 2. The van der Waals surface area contributed by atoms with Crippen molar-refractivity contribution >= 4 is 29.2 Å². The molecule has 0 aromatic heterocycles. The number of carbonyl (C=O) groups excluding carboxylic acids is 3. The highest BCUT2D eigenvalue weighted by atomic mass is 35.5. The predicted molar refractivity (Wildman–Crippen MR) is 102 cm³/mol. The molecule has 6 heteroatoms. The van der Waals surface area contributed by atoms with E-state index in [2.05, 4.69) is 10.6 Å². The second-order valence-corrected chi connectivity index (χ2v) is 6.96. The Morgan fingerprint density at radius 2 is 1.65 bits per heavy atom. The molecule has 0 aliphatic carbocycles. The van der Waals surface area contributed by atoms with Crippen LogP contribution in [0, 0.1) is 5.92 Å². The van der Waals surface area contributed by atoms with Gasteiger partial charge in [0.2, 0.25) is 11.8 Å². The van der Waals surface area contributed by atoms with Gasteiger partial charge in [-0.1, -0.05) is 37.1 Å². The van der Waals surface area contributed by atoms with Crippen LogP contribution in [-0.4, -0.2) is 30.7 Å². The number of hydrogen-bond acceptors (Lipinski definition) is 3. The van der Waals surface area contributed by atoms with Crippen LogP contribution in [0.2, 0.25) is 0 Å². The van der Waals surface area contributed by atoms with Crippen LogP contribution in [0.4, 0.5) is 0 Å². The summed E-state index contributed by atoms with van der Waals surface area (Å²) < 4.78 is 0. The summed E-state index contributed by atoms with van der Waals surface area (Å²) >= 11 is 5.70. The molecule has 2 heterocycles. The van der Waals surface area contributed by atoms with Crippen molar-refractivity contribution in [3.63, 3.8) is 0 Å². The van der Waals surface area contributed by atoms with Crippen LogP contribution in [-0.2, 0) is 15.5 Å². The van der Waals surface area contributed by atoms with Crippen molar-refractivity contribution in [3.05, 3.63) is 35.4 Å². The van der Waals surface area contributed by atoms with Gasteiger partial charge in [-0.3, -0.25) is 14.4 Å². The molecule has 2 saturated heterocycles. The Bertz CT molecular complexity index is 606. The summed E-state index contributed by atoms with van der Waals surface area (Å²) in [6.45, 7) is 1.56. The average molecular weight is 379 g/mol. The van der Waals surface area contributed by atoms with Gasteiger partial charge in [-0.2, -0.15) is 0 Å². The largest absolute Gasteiger partial charge is 0.356 e. The maximum Gasteiger partial charge on any atom is 0.230 e. The third kappa shape index (κ3) is 6.45. The van der Waals surface area contributed by atoms with Crippen molar-refractivity contribution in [1.82, 2.24) is 10.6 Å². The molecule has 2 amide bonds. The molecule has 1 unspecified atom stereocenters. The number of Topliss-reactive ketones (excluding diaryl/α,β-unsaturated/α-hetero) is 1. The predicted octanol–water partition coefficient (Wildman–Crippen LogP) is 3.20. The van der Waals surface area contributed by atoms with Crippen molar-refractivity contribution < 1.29 is 14.4 Å². The third-order valence-corrected chi connectivity index (χ3v) is 4.96. The van der Waals surface area contributed by atoms with Gasteiger partial charge in [0.25, 0.3) is 0 Å². The van der Waals surface area contributed by atoms with Crippen molar-refractivity contribution in [2.45, 2.75) is 50.8 Å². The van der Waals surface area contributed by atoms with Gasteiger partial charge in [0.1, 0.15) is 5.92 Å². The summed E-state index contributed by atoms with van der Waals surface area (Å²) in [6.07, 6.45) is 6.67. The topological polar surface area (TPSA) is 75.3 Å². The summed E-state index contributed by atoms with van der Waals surface area (Å²) in [5, 5.41) is 5.59. The van der Waals surface area contributed by atoms with E-state index < -0.39 is 5.92 Å². The van der Waals surface area contributed by atoms with E-state index in [4.69, 9.17) is 11.6 Å². The number of alkyl halides is 1. The molecule has 0 saturated carbocycles. The molecule has 3 rings (SSSR count). The highest BCUT2D eigenvalue weighted by Gasteiger charge is 2.28. The lowest BCUT2D eigenvalue weighted by molar-refractivity contribution is -0.123. The molecule has 1 aromatic rings. The Balaban J connectivity index is 0.000000254. The maximum absolute atomic E-state index is 12.3. The minimum Gasteiger partial charge on any atom is -0.356 e. The Kier molecular flexibility index (Phi) is 8.62. The van der Waals surface area contributed by atoms with Crippen LogP contribution in [0.3, 0.4) is 0 Å². The lowest BCUT2D eigenvalue weighted by Gasteiger charge is -2.12. The van der Waals surface area contributed by atoms with Gasteiger partial charge in [-0.15, -0.1) is 11.6 Å². The first-order chi connectivity index (χ1) is 12.6. The summed E-state index contributed by atoms with van der Waals surface area (Å²) in [6, 6.07) is 7.15. The number of rotatable bonds is 3. The Hall–Kier alpha value is -1.88. The van der Waals surface area contributed by atoms with Gasteiger partial charge in [0.05, 0.1) is 0 Å². The minimum atomic E-state index is -0.533. The maximum atomic E-state index is 12.3. The molecule has 2 fully saturated rings. The smallest absolute Gasteiger partial charge is 0.230 e. The summed E-state index contributed by atoms with van der Waals surface area (Å²) in [7, 11) is 0. The summed E-state index contributed by atoms with van der Waals surface area (Å²) in [5.41, 5.74) is 1.56. The zero-order valence-electron chi connectivity index (χ0n) is 15.1. The van der Waals surface area contributed by atoms with Crippen molar-refractivity contribution in [1.29, 1.82) is 0 Å². The van der Waals surface area contributed by atoms with Crippen molar-refractivity contribution in [2.24, 2.45) is 5.92 Å². The zero-order valence-corrected chi connectivity index (χ0v) is 15.8. The van der Waals surface area contributed by atoms with Gasteiger partial charge in [0, 0.05) is 31.0 Å². The Morgan fingerprint density at radius 1 is 0.962 bits per heavy atom. The van der Waals surface area contributed by atoms with E-state index in [0.29, 0.717) is 24.4 Å². The van der Waals surface area contributed by atoms with Crippen molar-refractivity contribution in [2.75, 3.05) is 13.1 Å². The number of ketones is 1. The van der Waals surface area contributed by atoms with E-state index in [-0.39, 0.29) is 17.6 Å². The number of benzene rings is 1. The van der Waals surface area contributed by atoms with Gasteiger partial charge in [-0.05, 0) is 31.2 Å². The first kappa shape index (κ1) is 20.4. The van der Waals surface area contributed by atoms with Crippen LogP contribution in [0.15, 0.2) is 24.3 Å². The van der Waals surface area contributed by atoms with Gasteiger partial charge >= 0.3 is 0 Å². The van der Waals surface area contributed by atoms with Crippen molar-refractivity contribution in [3.8, 4) is 0 Å². The fourth-order valence-electron chi connectivity index (χ4n) is 3.05. The van der Waals surface area contributed by atoms with Crippen LogP contribution in [0.25, 0.3) is 0 Å². The molecule has 0 radical (unpaired) electrons. The zero-order chi connectivity index (χ0) is 18.8. The molecule has 2 N–H and O–H groups in total. The molecule has 2 aliphatic heterocycles. The van der Waals surface area contributed by atoms with E-state index in [1.165, 1.54) is 6.42 Å². The fourth-order valence-corrected chi connectivity index (χ4v) is 3.23. The minimum absolute atomic E-state index is 0.0875. The van der Waals surface area contributed by atoms with Gasteiger partial charge in [0.15, 0.2) is 5.78 Å². The van der Waals surface area contributed by atoms with Crippen LogP contribution in [0.1, 0.15) is 60.9 Å². The molecule has 0 spiro atoms. The lowest BCUT2D eigenvalue weighted by atomic mass is 9.92. The highest BCUT2D eigenvalue weighted by Crippen LogP contribution is 2.19. The second-order valence-electron chi connectivity index (χ2n) is 6.69. The molecule has 1 aromatic carbocycles. The van der Waals surface area contributed by atoms with E-state index in [1.54, 1.807) is 12.1 Å². The summed E-state index contributed by atoms with van der Waals surface area (Å²) in [5.74, 6) is -0.107. The first-order valence-electron chi connectivity index (χ1n) is 9.35. The molecule has 2 aliphatic rings. The van der Waals surface area contributed by atoms with Crippen LogP contribution >= 0.6 is 11.6 Å². The monoisotopic (exact) mass is 378 g/mol. The molecule has 142 valence electrons. The van der Waals surface area contributed by atoms with E-state index >= 15 is 0 Å². The molecule has 1 atom stereocenters. The standard InChI is InChI=1S/C14H16ClNO2.C6H11NO/c15-9-10-4-6-11(7-5-10)13(17)12-3-1-2-8-16-14(12)18;8-6-4-2-1-3-5-7-6/h4-7,12H,1-3,8-9H2,(H,16,18);1-5H2,(H,7,8). The van der Waals surface area contributed by atoms with E-state index in [1.807, 2.05) is 12.1 Å². The van der Waals surface area contributed by atoms with Crippen LogP contribution in [0.5, 0.6) is 0 Å². The lowest BCUT2D eigenvalue weighted by Crippen LogP contribution is -2.33. The quantitative estimate of drug-likeness (QED) is 0.481. The van der Waals surface area contributed by atoms with Gasteiger partial charge in [-0.25, -0.2) is 0 Å². The first-order valence-corrected chi connectivity index (χ1v) is 9.89. The number of halogens is 1. The Morgan fingerprint density at radius 3 is 2.38 bits per heavy atom. The van der Waals surface area contributed by atoms with Gasteiger partial charge < -0.3 is 10.6 Å². The molecular formula is C20H27ClN2O3. The number of hydrogen-bond donors (Lipinski definition) is 2. The van der Waals surface area contributed by atoms with E-state index in [9.17, 15) is 14.4 Å². The normalized spacial score (nSPS) is 20.6.